The SMILES string of the molecule is CCOPOC(C)(C)C. The van der Waals surface area contributed by atoms with Crippen LogP contribution in [0.25, 0.3) is 0 Å². The van der Waals surface area contributed by atoms with Crippen LogP contribution in [0.15, 0.2) is 0 Å². The summed E-state index contributed by atoms with van der Waals surface area (Å²) in [7, 11) is 0.184. The molecule has 0 aromatic carbocycles. The van der Waals surface area contributed by atoms with E-state index in [9.17, 15) is 0 Å². The Kier molecular flexibility index (Phi) is 4.37. The van der Waals surface area contributed by atoms with Crippen LogP contribution in [0.5, 0.6) is 0 Å². The standard InChI is InChI=1S/C6H15O2P/c1-5-7-9-8-6(2,3)4/h9H,5H2,1-4H3. The normalized spacial score (nSPS) is 13.3. The summed E-state index contributed by atoms with van der Waals surface area (Å²) in [4.78, 5) is 0. The van der Waals surface area contributed by atoms with Gasteiger partial charge in [-0.3, -0.25) is 0 Å². The second-order valence-electron chi connectivity index (χ2n) is 2.73. The lowest BCUT2D eigenvalue weighted by Gasteiger charge is -2.17. The maximum atomic E-state index is 5.28. The summed E-state index contributed by atoms with van der Waals surface area (Å²) in [6.07, 6.45) is 0. The molecule has 0 aromatic rings. The van der Waals surface area contributed by atoms with Gasteiger partial charge in [-0.1, -0.05) is 0 Å². The number of hydrogen-bond acceptors (Lipinski definition) is 2. The van der Waals surface area contributed by atoms with E-state index < -0.39 is 0 Å². The van der Waals surface area contributed by atoms with E-state index in [1.54, 1.807) is 0 Å². The van der Waals surface area contributed by atoms with Crippen molar-refractivity contribution in [3.63, 3.8) is 0 Å². The number of hydrogen-bond donors (Lipinski definition) is 0. The summed E-state index contributed by atoms with van der Waals surface area (Å²) in [6, 6.07) is 0. The summed E-state index contributed by atoms with van der Waals surface area (Å²) >= 11 is 0. The summed E-state index contributed by atoms with van der Waals surface area (Å²) in [6.45, 7) is 8.73. The third kappa shape index (κ3) is 8.35. The molecule has 0 aliphatic carbocycles. The Hall–Kier alpha value is 0.350. The highest BCUT2D eigenvalue weighted by molar-refractivity contribution is 7.26. The number of rotatable bonds is 3. The zero-order valence-electron chi connectivity index (χ0n) is 6.52. The van der Waals surface area contributed by atoms with Crippen molar-refractivity contribution in [1.29, 1.82) is 0 Å². The molecule has 0 saturated carbocycles. The van der Waals surface area contributed by atoms with Crippen molar-refractivity contribution in [3.8, 4) is 0 Å². The molecule has 56 valence electrons. The van der Waals surface area contributed by atoms with Gasteiger partial charge in [0.05, 0.1) is 12.2 Å². The van der Waals surface area contributed by atoms with Gasteiger partial charge < -0.3 is 9.05 Å². The summed E-state index contributed by atoms with van der Waals surface area (Å²) in [5.74, 6) is 0. The van der Waals surface area contributed by atoms with Crippen LogP contribution in [-0.2, 0) is 9.05 Å². The van der Waals surface area contributed by atoms with Crippen LogP contribution >= 0.6 is 9.03 Å². The highest BCUT2D eigenvalue weighted by Crippen LogP contribution is 2.22. The van der Waals surface area contributed by atoms with Gasteiger partial charge in [-0.2, -0.15) is 0 Å². The minimum Gasteiger partial charge on any atom is -0.337 e. The van der Waals surface area contributed by atoms with E-state index in [-0.39, 0.29) is 14.6 Å². The molecule has 0 amide bonds. The van der Waals surface area contributed by atoms with Gasteiger partial charge in [0.2, 0.25) is 0 Å². The topological polar surface area (TPSA) is 18.5 Å². The molecular weight excluding hydrogens is 135 g/mol. The van der Waals surface area contributed by atoms with Crippen LogP contribution in [-0.4, -0.2) is 12.2 Å². The van der Waals surface area contributed by atoms with Crippen LogP contribution in [0, 0.1) is 0 Å². The molecule has 0 saturated heterocycles. The largest absolute Gasteiger partial charge is 0.337 e. The Morgan fingerprint density at radius 3 is 2.22 bits per heavy atom. The van der Waals surface area contributed by atoms with Crippen LogP contribution < -0.4 is 0 Å². The van der Waals surface area contributed by atoms with E-state index in [0.717, 1.165) is 6.61 Å². The molecule has 3 heteroatoms. The van der Waals surface area contributed by atoms with Crippen LogP contribution in [0.4, 0.5) is 0 Å². The molecule has 0 aliphatic heterocycles. The highest BCUT2D eigenvalue weighted by atomic mass is 31.1. The second-order valence-corrected chi connectivity index (χ2v) is 3.39. The molecule has 1 atom stereocenters. The van der Waals surface area contributed by atoms with Gasteiger partial charge in [-0.25, -0.2) is 0 Å². The molecule has 2 nitrogen and oxygen atoms in total. The van der Waals surface area contributed by atoms with E-state index in [1.807, 2.05) is 27.7 Å². The molecular formula is C6H15O2P. The van der Waals surface area contributed by atoms with Gasteiger partial charge >= 0.3 is 0 Å². The first kappa shape index (κ1) is 9.35. The van der Waals surface area contributed by atoms with E-state index in [0.29, 0.717) is 0 Å². The summed E-state index contributed by atoms with van der Waals surface area (Å²) in [5.41, 5.74) is -0.0619. The fourth-order valence-corrected chi connectivity index (χ4v) is 0.640. The highest BCUT2D eigenvalue weighted by Gasteiger charge is 2.08. The second kappa shape index (κ2) is 4.21. The zero-order valence-corrected chi connectivity index (χ0v) is 7.52. The maximum Gasteiger partial charge on any atom is 0.155 e. The molecule has 0 N–H and O–H groups in total. The van der Waals surface area contributed by atoms with Gasteiger partial charge in [0.1, 0.15) is 0 Å². The van der Waals surface area contributed by atoms with E-state index in [1.165, 1.54) is 0 Å². The van der Waals surface area contributed by atoms with Crippen molar-refractivity contribution in [1.82, 2.24) is 0 Å². The van der Waals surface area contributed by atoms with Gasteiger partial charge in [0, 0.05) is 0 Å². The first-order valence-electron chi connectivity index (χ1n) is 3.11. The summed E-state index contributed by atoms with van der Waals surface area (Å²) in [5, 5.41) is 0. The van der Waals surface area contributed by atoms with E-state index in [4.69, 9.17) is 9.05 Å². The van der Waals surface area contributed by atoms with Crippen LogP contribution in [0.1, 0.15) is 27.7 Å². The monoisotopic (exact) mass is 150 g/mol. The molecule has 9 heavy (non-hydrogen) atoms. The Morgan fingerprint density at radius 1 is 1.33 bits per heavy atom. The lowest BCUT2D eigenvalue weighted by Crippen LogP contribution is -2.13. The van der Waals surface area contributed by atoms with Gasteiger partial charge in [-0.15, -0.1) is 0 Å². The average Bonchev–Trinajstić information content (AvgIpc) is 1.63. The molecule has 0 aromatic heterocycles. The molecule has 1 unspecified atom stereocenters. The minimum absolute atomic E-state index is 0.0619. The Morgan fingerprint density at radius 2 is 1.89 bits per heavy atom. The lowest BCUT2D eigenvalue weighted by molar-refractivity contribution is 0.131. The molecule has 0 bridgehead atoms. The van der Waals surface area contributed by atoms with Crippen molar-refractivity contribution in [2.45, 2.75) is 33.3 Å². The molecule has 0 radical (unpaired) electrons. The molecule has 0 heterocycles. The van der Waals surface area contributed by atoms with Crippen molar-refractivity contribution >= 4 is 9.03 Å². The molecule has 0 aliphatic rings. The Balaban J connectivity index is 3.07. The fourth-order valence-electron chi connectivity index (χ4n) is 0.213. The average molecular weight is 150 g/mol. The minimum atomic E-state index is -0.0619. The van der Waals surface area contributed by atoms with Crippen LogP contribution in [0.3, 0.4) is 0 Å². The first-order chi connectivity index (χ1) is 4.06. The smallest absolute Gasteiger partial charge is 0.155 e. The van der Waals surface area contributed by atoms with Crippen molar-refractivity contribution in [3.05, 3.63) is 0 Å². The first-order valence-corrected chi connectivity index (χ1v) is 3.92. The summed E-state index contributed by atoms with van der Waals surface area (Å²) < 4.78 is 10.3. The van der Waals surface area contributed by atoms with Gasteiger partial charge in [0.25, 0.3) is 0 Å². The molecule has 0 rings (SSSR count). The van der Waals surface area contributed by atoms with Crippen molar-refractivity contribution in [2.24, 2.45) is 0 Å². The van der Waals surface area contributed by atoms with Crippen molar-refractivity contribution in [2.75, 3.05) is 6.61 Å². The quantitative estimate of drug-likeness (QED) is 0.454. The van der Waals surface area contributed by atoms with E-state index >= 15 is 0 Å². The Labute approximate surface area is 58.9 Å². The molecule has 0 spiro atoms. The predicted molar refractivity (Wildman–Crippen MR) is 40.8 cm³/mol. The fraction of sp³-hybridized carbons (Fsp3) is 1.00. The lowest BCUT2D eigenvalue weighted by atomic mass is 10.2. The van der Waals surface area contributed by atoms with Gasteiger partial charge in [-0.05, 0) is 27.7 Å². The predicted octanol–water partition coefficient (Wildman–Crippen LogP) is 2.35. The zero-order chi connectivity index (χ0) is 7.33. The maximum absolute atomic E-state index is 5.28. The third-order valence-corrected chi connectivity index (χ3v) is 1.65. The molecule has 0 fully saturated rings. The Bertz CT molecular complexity index is 67.9. The van der Waals surface area contributed by atoms with Crippen LogP contribution in [0.2, 0.25) is 0 Å². The third-order valence-electron chi connectivity index (χ3n) is 0.551. The van der Waals surface area contributed by atoms with Gasteiger partial charge in [0.15, 0.2) is 9.03 Å². The van der Waals surface area contributed by atoms with Crippen molar-refractivity contribution < 1.29 is 9.05 Å². The van der Waals surface area contributed by atoms with E-state index in [2.05, 4.69) is 0 Å².